The molecule has 0 radical (unpaired) electrons. The zero-order valence-corrected chi connectivity index (χ0v) is 9.06. The number of halogens is 3. The Morgan fingerprint density at radius 2 is 1.93 bits per heavy atom. The number of aliphatic hydroxyl groups excluding tert-OH is 1. The van der Waals surface area contributed by atoms with Crippen molar-refractivity contribution in [3.05, 3.63) is 0 Å². The third-order valence-corrected chi connectivity index (χ3v) is 3.35. The first-order chi connectivity index (χ1) is 6.60. The van der Waals surface area contributed by atoms with Crippen LogP contribution in [-0.4, -0.2) is 50.2 Å². The van der Waals surface area contributed by atoms with Gasteiger partial charge in [0, 0.05) is 13.1 Å². The molecule has 0 aliphatic heterocycles. The highest BCUT2D eigenvalue weighted by molar-refractivity contribution is 7.87. The van der Waals surface area contributed by atoms with Gasteiger partial charge in [0.05, 0.1) is 6.61 Å². The van der Waals surface area contributed by atoms with Crippen LogP contribution in [0.3, 0.4) is 0 Å². The molecule has 0 saturated carbocycles. The largest absolute Gasteiger partial charge is 0.402 e. The van der Waals surface area contributed by atoms with E-state index in [1.165, 1.54) is 11.6 Å². The van der Waals surface area contributed by atoms with Crippen molar-refractivity contribution in [1.82, 2.24) is 9.03 Å². The maximum Gasteiger partial charge on any atom is 0.402 e. The Hall–Kier alpha value is -0.380. The molecule has 92 valence electrons. The van der Waals surface area contributed by atoms with Crippen LogP contribution >= 0.6 is 0 Å². The van der Waals surface area contributed by atoms with E-state index >= 15 is 0 Å². The molecular formula is C6H13F3N2O3S. The highest BCUT2D eigenvalue weighted by atomic mass is 32.2. The van der Waals surface area contributed by atoms with Gasteiger partial charge in [0.1, 0.15) is 6.54 Å². The Bertz CT molecular complexity index is 290. The average molecular weight is 250 g/mol. The molecule has 1 atom stereocenters. The van der Waals surface area contributed by atoms with Crippen LogP contribution in [-0.2, 0) is 10.2 Å². The zero-order chi connectivity index (χ0) is 12.3. The van der Waals surface area contributed by atoms with Gasteiger partial charge in [-0.3, -0.25) is 0 Å². The summed E-state index contributed by atoms with van der Waals surface area (Å²) in [5, 5.41) is 8.64. The number of aliphatic hydroxyl groups is 1. The Morgan fingerprint density at radius 1 is 1.47 bits per heavy atom. The third-order valence-electron chi connectivity index (χ3n) is 1.72. The molecule has 0 amide bonds. The molecule has 0 aliphatic rings. The van der Waals surface area contributed by atoms with Crippen molar-refractivity contribution in [2.45, 2.75) is 19.1 Å². The number of nitrogens with one attached hydrogen (secondary N) is 1. The fourth-order valence-corrected chi connectivity index (χ4v) is 1.72. The van der Waals surface area contributed by atoms with Crippen molar-refractivity contribution in [2.24, 2.45) is 0 Å². The Balaban J connectivity index is 4.44. The first kappa shape index (κ1) is 14.6. The van der Waals surface area contributed by atoms with E-state index in [0.717, 1.165) is 7.05 Å². The van der Waals surface area contributed by atoms with E-state index in [-0.39, 0.29) is 0 Å². The van der Waals surface area contributed by atoms with Crippen molar-refractivity contribution in [3.63, 3.8) is 0 Å². The third kappa shape index (κ3) is 5.30. The lowest BCUT2D eigenvalue weighted by molar-refractivity contribution is -0.121. The molecule has 0 aromatic carbocycles. The van der Waals surface area contributed by atoms with E-state index in [9.17, 15) is 21.6 Å². The highest BCUT2D eigenvalue weighted by Gasteiger charge is 2.31. The highest BCUT2D eigenvalue weighted by Crippen LogP contribution is 2.13. The number of hydrogen-bond donors (Lipinski definition) is 2. The zero-order valence-electron chi connectivity index (χ0n) is 8.24. The summed E-state index contributed by atoms with van der Waals surface area (Å²) in [7, 11) is -3.12. The summed E-state index contributed by atoms with van der Waals surface area (Å²) in [6, 6.07) is -0.782. The second-order valence-corrected chi connectivity index (χ2v) is 4.80. The first-order valence-electron chi connectivity index (χ1n) is 4.00. The van der Waals surface area contributed by atoms with Crippen LogP contribution in [0.5, 0.6) is 0 Å². The Kier molecular flexibility index (Phi) is 4.97. The molecule has 0 aromatic rings. The lowest BCUT2D eigenvalue weighted by Gasteiger charge is -2.22. The summed E-state index contributed by atoms with van der Waals surface area (Å²) in [6.45, 7) is -0.728. The molecule has 0 fully saturated rings. The van der Waals surface area contributed by atoms with Gasteiger partial charge in [0.15, 0.2) is 0 Å². The van der Waals surface area contributed by atoms with Crippen LogP contribution in [0.25, 0.3) is 0 Å². The van der Waals surface area contributed by atoms with Crippen LogP contribution < -0.4 is 4.72 Å². The van der Waals surface area contributed by atoms with Crippen molar-refractivity contribution in [3.8, 4) is 0 Å². The van der Waals surface area contributed by atoms with E-state index in [1.807, 2.05) is 0 Å². The van der Waals surface area contributed by atoms with Gasteiger partial charge in [-0.25, -0.2) is 0 Å². The summed E-state index contributed by atoms with van der Waals surface area (Å²) in [5.74, 6) is 0. The van der Waals surface area contributed by atoms with Gasteiger partial charge in [-0.1, -0.05) is 0 Å². The van der Waals surface area contributed by atoms with Crippen molar-refractivity contribution in [1.29, 1.82) is 0 Å². The normalized spacial score (nSPS) is 15.7. The quantitative estimate of drug-likeness (QED) is 0.703. The molecule has 9 heteroatoms. The Morgan fingerprint density at radius 3 is 2.27 bits per heavy atom. The van der Waals surface area contributed by atoms with Crippen LogP contribution in [0.2, 0.25) is 0 Å². The number of rotatable bonds is 5. The Labute approximate surface area is 86.1 Å². The van der Waals surface area contributed by atoms with Crippen LogP contribution in [0.4, 0.5) is 13.2 Å². The summed E-state index contributed by atoms with van der Waals surface area (Å²) in [6.07, 6.45) is -4.60. The van der Waals surface area contributed by atoms with Gasteiger partial charge in [-0.15, -0.1) is 0 Å². The molecule has 15 heavy (non-hydrogen) atoms. The van der Waals surface area contributed by atoms with Gasteiger partial charge in [0.25, 0.3) is 10.2 Å². The topological polar surface area (TPSA) is 69.6 Å². The van der Waals surface area contributed by atoms with Crippen LogP contribution in [0.1, 0.15) is 6.92 Å². The van der Waals surface area contributed by atoms with Crippen LogP contribution in [0.15, 0.2) is 0 Å². The lowest BCUT2D eigenvalue weighted by Crippen LogP contribution is -2.46. The maximum absolute atomic E-state index is 11.7. The molecule has 0 aliphatic carbocycles. The average Bonchev–Trinajstić information content (AvgIpc) is 2.11. The number of alkyl halides is 3. The van der Waals surface area contributed by atoms with Gasteiger partial charge in [0.2, 0.25) is 0 Å². The summed E-state index contributed by atoms with van der Waals surface area (Å²) in [5.41, 5.74) is 0. The number of hydrogen-bond acceptors (Lipinski definition) is 3. The SMILES string of the molecule is CC(CO)N(C)S(=O)(=O)NCC(F)(F)F. The predicted molar refractivity (Wildman–Crippen MR) is 47.3 cm³/mol. The summed E-state index contributed by atoms with van der Waals surface area (Å²) < 4.78 is 59.6. The molecular weight excluding hydrogens is 237 g/mol. The molecule has 0 bridgehead atoms. The molecule has 0 rings (SSSR count). The minimum Gasteiger partial charge on any atom is -0.395 e. The fourth-order valence-electron chi connectivity index (χ4n) is 0.627. The number of nitrogens with zero attached hydrogens (tertiary/aromatic N) is 1. The monoisotopic (exact) mass is 250 g/mol. The molecule has 0 heterocycles. The van der Waals surface area contributed by atoms with E-state index in [0.29, 0.717) is 4.31 Å². The minimum atomic E-state index is -4.60. The summed E-state index contributed by atoms with van der Waals surface area (Å²) >= 11 is 0. The van der Waals surface area contributed by atoms with E-state index in [2.05, 4.69) is 0 Å². The first-order valence-corrected chi connectivity index (χ1v) is 5.44. The maximum atomic E-state index is 11.7. The molecule has 5 nitrogen and oxygen atoms in total. The standard InChI is InChI=1S/C6H13F3N2O3S/c1-5(3-12)11(2)15(13,14)10-4-6(7,8)9/h5,10,12H,3-4H2,1-2H3. The van der Waals surface area contributed by atoms with Gasteiger partial charge < -0.3 is 5.11 Å². The smallest absolute Gasteiger partial charge is 0.395 e. The van der Waals surface area contributed by atoms with E-state index in [4.69, 9.17) is 5.11 Å². The second-order valence-electron chi connectivity index (χ2n) is 2.99. The molecule has 0 aromatic heterocycles. The van der Waals surface area contributed by atoms with Gasteiger partial charge in [-0.2, -0.15) is 30.6 Å². The van der Waals surface area contributed by atoms with Crippen molar-refractivity contribution in [2.75, 3.05) is 20.2 Å². The molecule has 0 saturated heterocycles. The lowest BCUT2D eigenvalue weighted by atomic mass is 10.4. The van der Waals surface area contributed by atoms with E-state index < -0.39 is 35.6 Å². The van der Waals surface area contributed by atoms with Gasteiger partial charge in [-0.05, 0) is 6.92 Å². The minimum absolute atomic E-state index is 0.469. The molecule has 0 spiro atoms. The predicted octanol–water partition coefficient (Wildman–Crippen LogP) is -0.304. The molecule has 1 unspecified atom stereocenters. The van der Waals surface area contributed by atoms with Crippen molar-refractivity contribution >= 4 is 10.2 Å². The van der Waals surface area contributed by atoms with Gasteiger partial charge >= 0.3 is 6.18 Å². The molecule has 2 N–H and O–H groups in total. The number of likely N-dealkylation sites (N-methyl/N-ethyl adjacent to an activating group) is 1. The fraction of sp³-hybridized carbons (Fsp3) is 1.00. The van der Waals surface area contributed by atoms with E-state index in [1.54, 1.807) is 0 Å². The second kappa shape index (κ2) is 5.10. The van der Waals surface area contributed by atoms with Crippen molar-refractivity contribution < 1.29 is 26.7 Å². The van der Waals surface area contributed by atoms with Crippen LogP contribution in [0, 0.1) is 0 Å². The summed E-state index contributed by atoms with van der Waals surface area (Å²) in [4.78, 5) is 0.